The maximum atomic E-state index is 12.3. The molecule has 1 aromatic carbocycles. The summed E-state index contributed by atoms with van der Waals surface area (Å²) >= 11 is 0. The Hall–Kier alpha value is -1.44. The van der Waals surface area contributed by atoms with Crippen molar-refractivity contribution < 1.29 is 13.2 Å². The van der Waals surface area contributed by atoms with Crippen molar-refractivity contribution in [3.8, 4) is 0 Å². The lowest BCUT2D eigenvalue weighted by Crippen LogP contribution is -2.42. The Labute approximate surface area is 138 Å². The number of piperidine rings is 1. The van der Waals surface area contributed by atoms with Crippen LogP contribution < -0.4 is 5.14 Å². The minimum atomic E-state index is -3.72. The van der Waals surface area contributed by atoms with E-state index in [-0.39, 0.29) is 16.8 Å². The van der Waals surface area contributed by atoms with Crippen molar-refractivity contribution in [3.05, 3.63) is 29.8 Å². The summed E-state index contributed by atoms with van der Waals surface area (Å²) in [6.07, 6.45) is 3.33. The van der Waals surface area contributed by atoms with Gasteiger partial charge in [-0.2, -0.15) is 0 Å². The van der Waals surface area contributed by atoms with Gasteiger partial charge in [-0.15, -0.1) is 0 Å². The van der Waals surface area contributed by atoms with Crippen molar-refractivity contribution in [2.75, 3.05) is 26.7 Å². The molecule has 1 saturated heterocycles. The number of carbonyl (C=O) groups excluding carboxylic acids is 1. The number of nitrogens with zero attached hydrogens (tertiary/aromatic N) is 2. The third kappa shape index (κ3) is 4.76. The number of amides is 1. The number of carbonyl (C=O) groups is 1. The van der Waals surface area contributed by atoms with Crippen molar-refractivity contribution >= 4 is 15.9 Å². The fraction of sp³-hybridized carbons (Fsp3) is 0.562. The van der Waals surface area contributed by atoms with Gasteiger partial charge in [0.2, 0.25) is 15.9 Å². The van der Waals surface area contributed by atoms with Crippen molar-refractivity contribution in [3.63, 3.8) is 0 Å². The monoisotopic (exact) mass is 339 g/mol. The summed E-state index contributed by atoms with van der Waals surface area (Å²) in [4.78, 5) is 16.3. The summed E-state index contributed by atoms with van der Waals surface area (Å²) in [5.74, 6) is 0.127. The Morgan fingerprint density at radius 3 is 2.57 bits per heavy atom. The smallest absolute Gasteiger partial charge is 0.238 e. The van der Waals surface area contributed by atoms with Gasteiger partial charge in [0.15, 0.2) is 0 Å². The highest BCUT2D eigenvalue weighted by Crippen LogP contribution is 2.21. The molecule has 2 rings (SSSR count). The Balaban J connectivity index is 2.04. The van der Waals surface area contributed by atoms with Crippen LogP contribution in [0.4, 0.5) is 0 Å². The fourth-order valence-corrected chi connectivity index (χ4v) is 3.37. The van der Waals surface area contributed by atoms with E-state index in [9.17, 15) is 13.2 Å². The van der Waals surface area contributed by atoms with E-state index in [1.807, 2.05) is 29.8 Å². The number of hydrogen-bond donors (Lipinski definition) is 1. The van der Waals surface area contributed by atoms with Gasteiger partial charge in [0.25, 0.3) is 0 Å². The van der Waals surface area contributed by atoms with E-state index in [0.29, 0.717) is 6.54 Å². The number of likely N-dealkylation sites (tertiary alicyclic amines) is 1. The van der Waals surface area contributed by atoms with Gasteiger partial charge in [0, 0.05) is 19.1 Å². The Morgan fingerprint density at radius 2 is 1.96 bits per heavy atom. The molecule has 0 spiro atoms. The second kappa shape index (κ2) is 7.42. The van der Waals surface area contributed by atoms with Crippen molar-refractivity contribution in [1.82, 2.24) is 9.80 Å². The van der Waals surface area contributed by atoms with E-state index < -0.39 is 10.0 Å². The molecule has 0 aromatic heterocycles. The first-order valence-electron chi connectivity index (χ1n) is 7.90. The van der Waals surface area contributed by atoms with Gasteiger partial charge in [-0.3, -0.25) is 9.69 Å². The van der Waals surface area contributed by atoms with Crippen LogP contribution in [0.15, 0.2) is 29.2 Å². The van der Waals surface area contributed by atoms with Crippen LogP contribution in [0.25, 0.3) is 0 Å². The molecule has 0 bridgehead atoms. The van der Waals surface area contributed by atoms with E-state index in [1.54, 1.807) is 12.1 Å². The lowest BCUT2D eigenvalue weighted by molar-refractivity contribution is -0.133. The standard InChI is InChI=1S/C16H25N3O3S/c1-13(14-7-6-8-15(11-14)23(17,21)22)18(2)12-16(20)19-9-4-3-5-10-19/h6-8,11,13H,3-5,9-10,12H2,1-2H3,(H2,17,21,22). The third-order valence-electron chi connectivity index (χ3n) is 4.42. The molecule has 1 heterocycles. The average Bonchev–Trinajstić information content (AvgIpc) is 2.54. The van der Waals surface area contributed by atoms with Crippen LogP contribution in [0.2, 0.25) is 0 Å². The number of sulfonamides is 1. The lowest BCUT2D eigenvalue weighted by atomic mass is 10.1. The first-order chi connectivity index (χ1) is 10.8. The maximum absolute atomic E-state index is 12.3. The third-order valence-corrected chi connectivity index (χ3v) is 5.33. The van der Waals surface area contributed by atoms with Gasteiger partial charge in [-0.05, 0) is 50.9 Å². The molecule has 1 aliphatic rings. The molecular weight excluding hydrogens is 314 g/mol. The second-order valence-corrected chi connectivity index (χ2v) is 7.71. The van der Waals surface area contributed by atoms with E-state index in [1.165, 1.54) is 12.5 Å². The molecule has 6 nitrogen and oxygen atoms in total. The Bertz CT molecular complexity index is 654. The molecule has 2 N–H and O–H groups in total. The summed E-state index contributed by atoms with van der Waals surface area (Å²) in [5, 5.41) is 5.18. The summed E-state index contributed by atoms with van der Waals surface area (Å²) in [6, 6.07) is 6.49. The predicted molar refractivity (Wildman–Crippen MR) is 89.3 cm³/mol. The average molecular weight is 339 g/mol. The van der Waals surface area contributed by atoms with E-state index in [2.05, 4.69) is 0 Å². The molecule has 0 aliphatic carbocycles. The fourth-order valence-electron chi connectivity index (χ4n) is 2.80. The largest absolute Gasteiger partial charge is 0.342 e. The number of primary sulfonamides is 1. The summed E-state index contributed by atoms with van der Waals surface area (Å²) in [6.45, 7) is 3.94. The summed E-state index contributed by atoms with van der Waals surface area (Å²) in [7, 11) is -1.85. The van der Waals surface area contributed by atoms with Crippen LogP contribution in [0.5, 0.6) is 0 Å². The molecule has 1 unspecified atom stereocenters. The zero-order valence-corrected chi connectivity index (χ0v) is 14.6. The zero-order valence-electron chi connectivity index (χ0n) is 13.7. The van der Waals surface area contributed by atoms with Crippen molar-refractivity contribution in [2.45, 2.75) is 37.1 Å². The van der Waals surface area contributed by atoms with Crippen molar-refractivity contribution in [2.24, 2.45) is 5.14 Å². The van der Waals surface area contributed by atoms with Gasteiger partial charge in [-0.25, -0.2) is 13.6 Å². The van der Waals surface area contributed by atoms with Gasteiger partial charge >= 0.3 is 0 Å². The first kappa shape index (κ1) is 17.9. The highest BCUT2D eigenvalue weighted by molar-refractivity contribution is 7.89. The number of benzene rings is 1. The number of hydrogen-bond acceptors (Lipinski definition) is 4. The number of nitrogens with two attached hydrogens (primary N) is 1. The molecule has 7 heteroatoms. The van der Waals surface area contributed by atoms with Crippen LogP contribution in [0.1, 0.15) is 37.8 Å². The molecule has 0 saturated carbocycles. The quantitative estimate of drug-likeness (QED) is 0.877. The minimum absolute atomic E-state index is 0.0783. The first-order valence-corrected chi connectivity index (χ1v) is 9.44. The molecule has 0 radical (unpaired) electrons. The highest BCUT2D eigenvalue weighted by Gasteiger charge is 2.21. The van der Waals surface area contributed by atoms with Crippen LogP contribution in [-0.4, -0.2) is 50.8 Å². The normalized spacial score (nSPS) is 17.3. The Kier molecular flexibility index (Phi) is 5.78. The highest BCUT2D eigenvalue weighted by atomic mass is 32.2. The number of likely N-dealkylation sites (N-methyl/N-ethyl adjacent to an activating group) is 1. The minimum Gasteiger partial charge on any atom is -0.342 e. The number of rotatable bonds is 5. The molecule has 1 fully saturated rings. The molecule has 1 aliphatic heterocycles. The van der Waals surface area contributed by atoms with Crippen molar-refractivity contribution in [1.29, 1.82) is 0 Å². The Morgan fingerprint density at radius 1 is 1.30 bits per heavy atom. The lowest BCUT2D eigenvalue weighted by Gasteiger charge is -2.31. The molecule has 23 heavy (non-hydrogen) atoms. The molecular formula is C16H25N3O3S. The van der Waals surface area contributed by atoms with Gasteiger partial charge < -0.3 is 4.90 Å². The molecule has 128 valence electrons. The molecule has 1 aromatic rings. The van der Waals surface area contributed by atoms with Crippen LogP contribution in [0.3, 0.4) is 0 Å². The van der Waals surface area contributed by atoms with Gasteiger partial charge in [-0.1, -0.05) is 12.1 Å². The SMILES string of the molecule is CC(c1cccc(S(N)(=O)=O)c1)N(C)CC(=O)N1CCCCC1. The summed E-state index contributed by atoms with van der Waals surface area (Å²) in [5.41, 5.74) is 0.825. The maximum Gasteiger partial charge on any atom is 0.238 e. The predicted octanol–water partition coefficient (Wildman–Crippen LogP) is 1.34. The molecule has 1 amide bonds. The van der Waals surface area contributed by atoms with Gasteiger partial charge in [0.05, 0.1) is 11.4 Å². The van der Waals surface area contributed by atoms with E-state index in [0.717, 1.165) is 31.5 Å². The zero-order chi connectivity index (χ0) is 17.0. The van der Waals surface area contributed by atoms with E-state index in [4.69, 9.17) is 5.14 Å². The van der Waals surface area contributed by atoms with Crippen LogP contribution >= 0.6 is 0 Å². The van der Waals surface area contributed by atoms with Crippen LogP contribution in [-0.2, 0) is 14.8 Å². The summed E-state index contributed by atoms with van der Waals surface area (Å²) < 4.78 is 22.9. The molecule has 1 atom stereocenters. The van der Waals surface area contributed by atoms with E-state index >= 15 is 0 Å². The van der Waals surface area contributed by atoms with Crippen LogP contribution in [0, 0.1) is 0 Å². The van der Waals surface area contributed by atoms with Gasteiger partial charge in [0.1, 0.15) is 0 Å². The second-order valence-electron chi connectivity index (χ2n) is 6.15. The topological polar surface area (TPSA) is 83.7 Å².